The Hall–Kier alpha value is -8.20. The molecule has 0 spiro atoms. The molecule has 2 nitrogen and oxygen atoms in total. The summed E-state index contributed by atoms with van der Waals surface area (Å²) < 4.78 is 2.38. The first kappa shape index (κ1) is 37.4. The molecule has 0 N–H and O–H groups in total. The van der Waals surface area contributed by atoms with E-state index in [-0.39, 0.29) is 5.41 Å². The standard InChI is InChI=1S/C63H44N2/c1-63(2)56-30-13-10-20-46(56)47-39-34-41(40-57(47)63)61-52-23-6-8-25-54(52)62(55-26-9-7-24-53(55)61)51-29-16-28-48-45(51)27-17-33-58(48)64(42-18-4-3-5-19-42)43-35-37-44(38-36-43)65-59-31-14-11-21-49(59)50-22-12-15-32-60(50)65/h3-40H,1-2H3. The van der Waals surface area contributed by atoms with Crippen molar-refractivity contribution in [3.8, 4) is 39.1 Å². The van der Waals surface area contributed by atoms with Crippen LogP contribution in [-0.2, 0) is 5.41 Å². The molecule has 2 heteroatoms. The lowest BCUT2D eigenvalue weighted by Crippen LogP contribution is -2.14. The van der Waals surface area contributed by atoms with Gasteiger partial charge in [-0.15, -0.1) is 0 Å². The third kappa shape index (κ3) is 5.60. The molecule has 1 heterocycles. The van der Waals surface area contributed by atoms with Crippen molar-refractivity contribution in [3.05, 3.63) is 242 Å². The summed E-state index contributed by atoms with van der Waals surface area (Å²) in [5.74, 6) is 0. The molecule has 0 amide bonds. The fourth-order valence-corrected chi connectivity index (χ4v) is 11.3. The second kappa shape index (κ2) is 14.4. The summed E-state index contributed by atoms with van der Waals surface area (Å²) in [5, 5.41) is 9.96. The zero-order valence-corrected chi connectivity index (χ0v) is 36.3. The number of para-hydroxylation sites is 3. The van der Waals surface area contributed by atoms with E-state index >= 15 is 0 Å². The van der Waals surface area contributed by atoms with Gasteiger partial charge in [-0.2, -0.15) is 0 Å². The van der Waals surface area contributed by atoms with Crippen LogP contribution < -0.4 is 4.90 Å². The lowest BCUT2D eigenvalue weighted by Gasteiger charge is -2.27. The summed E-state index contributed by atoms with van der Waals surface area (Å²) >= 11 is 0. The van der Waals surface area contributed by atoms with E-state index < -0.39 is 0 Å². The first-order chi connectivity index (χ1) is 32.0. The average molecular weight is 829 g/mol. The van der Waals surface area contributed by atoms with Crippen molar-refractivity contribution in [2.75, 3.05) is 4.90 Å². The van der Waals surface area contributed by atoms with Crippen LogP contribution in [0.5, 0.6) is 0 Å². The van der Waals surface area contributed by atoms with Crippen molar-refractivity contribution in [1.82, 2.24) is 4.57 Å². The van der Waals surface area contributed by atoms with Crippen LogP contribution in [0.15, 0.2) is 231 Å². The Kier molecular flexibility index (Phi) is 8.29. The number of fused-ring (bicyclic) bond motifs is 9. The zero-order valence-electron chi connectivity index (χ0n) is 36.3. The van der Waals surface area contributed by atoms with E-state index in [0.717, 1.165) is 22.7 Å². The molecular weight excluding hydrogens is 785 g/mol. The van der Waals surface area contributed by atoms with Gasteiger partial charge in [0.2, 0.25) is 0 Å². The summed E-state index contributed by atoms with van der Waals surface area (Å²) in [6.07, 6.45) is 0. The smallest absolute Gasteiger partial charge is 0.0541 e. The van der Waals surface area contributed by atoms with E-state index in [9.17, 15) is 0 Å². The molecule has 11 aromatic carbocycles. The van der Waals surface area contributed by atoms with E-state index in [1.165, 1.54) is 98.6 Å². The minimum Gasteiger partial charge on any atom is -0.310 e. The van der Waals surface area contributed by atoms with Crippen molar-refractivity contribution in [3.63, 3.8) is 0 Å². The summed E-state index contributed by atoms with van der Waals surface area (Å²) in [5.41, 5.74) is 17.3. The fraction of sp³-hybridized carbons (Fsp3) is 0.0476. The number of nitrogens with zero attached hydrogens (tertiary/aromatic N) is 2. The Bertz CT molecular complexity index is 3740. The molecule has 0 bridgehead atoms. The van der Waals surface area contributed by atoms with Crippen LogP contribution in [0.2, 0.25) is 0 Å². The van der Waals surface area contributed by atoms with Gasteiger partial charge in [-0.25, -0.2) is 0 Å². The highest BCUT2D eigenvalue weighted by molar-refractivity contribution is 6.24. The highest BCUT2D eigenvalue weighted by atomic mass is 15.1. The molecule has 13 rings (SSSR count). The van der Waals surface area contributed by atoms with Crippen LogP contribution in [0.1, 0.15) is 25.0 Å². The third-order valence-electron chi connectivity index (χ3n) is 14.2. The molecule has 0 fully saturated rings. The Balaban J connectivity index is 0.988. The minimum atomic E-state index is -0.0871. The number of hydrogen-bond acceptors (Lipinski definition) is 1. The van der Waals surface area contributed by atoms with Crippen LogP contribution in [0.25, 0.3) is 93.2 Å². The lowest BCUT2D eigenvalue weighted by molar-refractivity contribution is 0.660. The van der Waals surface area contributed by atoms with Gasteiger partial charge in [-0.1, -0.05) is 184 Å². The third-order valence-corrected chi connectivity index (χ3v) is 14.2. The minimum absolute atomic E-state index is 0.0871. The maximum atomic E-state index is 2.47. The van der Waals surface area contributed by atoms with E-state index in [2.05, 4.69) is 254 Å². The zero-order chi connectivity index (χ0) is 43.2. The van der Waals surface area contributed by atoms with E-state index in [1.807, 2.05) is 0 Å². The van der Waals surface area contributed by atoms with Gasteiger partial charge >= 0.3 is 0 Å². The van der Waals surface area contributed by atoms with E-state index in [1.54, 1.807) is 0 Å². The van der Waals surface area contributed by atoms with E-state index in [4.69, 9.17) is 0 Å². The molecule has 0 unspecified atom stereocenters. The average Bonchev–Trinajstić information content (AvgIpc) is 3.82. The number of anilines is 3. The second-order valence-electron chi connectivity index (χ2n) is 18.0. The van der Waals surface area contributed by atoms with Gasteiger partial charge < -0.3 is 9.47 Å². The molecule has 1 aromatic heterocycles. The molecule has 0 aliphatic heterocycles. The maximum absolute atomic E-state index is 2.47. The van der Waals surface area contributed by atoms with Crippen LogP contribution in [-0.4, -0.2) is 4.57 Å². The Morgan fingerprint density at radius 3 is 1.51 bits per heavy atom. The molecule has 65 heavy (non-hydrogen) atoms. The largest absolute Gasteiger partial charge is 0.310 e. The normalized spacial score (nSPS) is 12.9. The molecule has 306 valence electrons. The summed E-state index contributed by atoms with van der Waals surface area (Å²) in [4.78, 5) is 2.41. The maximum Gasteiger partial charge on any atom is 0.0541 e. The van der Waals surface area contributed by atoms with Crippen molar-refractivity contribution in [2.45, 2.75) is 19.3 Å². The summed E-state index contributed by atoms with van der Waals surface area (Å²) in [6, 6.07) is 85.1. The molecule has 0 saturated carbocycles. The lowest BCUT2D eigenvalue weighted by atomic mass is 9.80. The SMILES string of the molecule is CC1(C)c2ccccc2-c2ccc(-c3c4ccccc4c(-c4cccc5c(N(c6ccccc6)c6ccc(-n7c8ccccc8c8ccccc87)cc6)cccc45)c4ccccc34)cc21. The number of benzene rings is 11. The second-order valence-corrected chi connectivity index (χ2v) is 18.0. The Morgan fingerprint density at radius 2 is 0.831 bits per heavy atom. The quantitative estimate of drug-likeness (QED) is 0.152. The van der Waals surface area contributed by atoms with Gasteiger partial charge in [0, 0.05) is 38.6 Å². The summed E-state index contributed by atoms with van der Waals surface area (Å²) in [6.45, 7) is 4.74. The van der Waals surface area contributed by atoms with Crippen LogP contribution in [0.3, 0.4) is 0 Å². The van der Waals surface area contributed by atoms with Gasteiger partial charge in [0.15, 0.2) is 0 Å². The van der Waals surface area contributed by atoms with Crippen molar-refractivity contribution >= 4 is 71.2 Å². The Morgan fingerprint density at radius 1 is 0.338 bits per heavy atom. The number of rotatable bonds is 6. The highest BCUT2D eigenvalue weighted by Gasteiger charge is 2.35. The van der Waals surface area contributed by atoms with Crippen molar-refractivity contribution in [2.24, 2.45) is 0 Å². The molecule has 0 saturated heterocycles. The summed E-state index contributed by atoms with van der Waals surface area (Å²) in [7, 11) is 0. The van der Waals surface area contributed by atoms with Gasteiger partial charge in [0.1, 0.15) is 0 Å². The van der Waals surface area contributed by atoms with Gasteiger partial charge in [-0.3, -0.25) is 0 Å². The van der Waals surface area contributed by atoms with Crippen molar-refractivity contribution in [1.29, 1.82) is 0 Å². The van der Waals surface area contributed by atoms with Crippen LogP contribution in [0, 0.1) is 0 Å². The predicted molar refractivity (Wildman–Crippen MR) is 276 cm³/mol. The highest BCUT2D eigenvalue weighted by Crippen LogP contribution is 2.52. The molecule has 1 aliphatic rings. The topological polar surface area (TPSA) is 8.17 Å². The van der Waals surface area contributed by atoms with Crippen LogP contribution in [0.4, 0.5) is 17.1 Å². The van der Waals surface area contributed by atoms with Gasteiger partial charge in [0.25, 0.3) is 0 Å². The molecule has 1 aliphatic carbocycles. The predicted octanol–water partition coefficient (Wildman–Crippen LogP) is 17.4. The molecule has 12 aromatic rings. The monoisotopic (exact) mass is 828 g/mol. The molecular formula is C63H44N2. The Labute approximate surface area is 378 Å². The van der Waals surface area contributed by atoms with Gasteiger partial charge in [-0.05, 0) is 132 Å². The first-order valence-corrected chi connectivity index (χ1v) is 22.7. The fourth-order valence-electron chi connectivity index (χ4n) is 11.3. The number of aromatic nitrogens is 1. The molecule has 0 atom stereocenters. The van der Waals surface area contributed by atoms with Crippen molar-refractivity contribution < 1.29 is 0 Å². The van der Waals surface area contributed by atoms with E-state index in [0.29, 0.717) is 0 Å². The number of hydrogen-bond donors (Lipinski definition) is 0. The molecule has 0 radical (unpaired) electrons. The van der Waals surface area contributed by atoms with Crippen LogP contribution >= 0.6 is 0 Å². The van der Waals surface area contributed by atoms with Gasteiger partial charge in [0.05, 0.1) is 16.7 Å². The first-order valence-electron chi connectivity index (χ1n) is 22.7.